The van der Waals surface area contributed by atoms with Crippen molar-refractivity contribution >= 4 is 10.0 Å². The van der Waals surface area contributed by atoms with Crippen LogP contribution in [-0.2, 0) is 10.0 Å². The molecule has 96 valence electrons. The molecule has 0 atom stereocenters. The topological polar surface area (TPSA) is 66.1 Å². The van der Waals surface area contributed by atoms with E-state index in [1.54, 1.807) is 4.31 Å². The van der Waals surface area contributed by atoms with E-state index in [1.807, 2.05) is 0 Å². The van der Waals surface area contributed by atoms with Crippen LogP contribution < -0.4 is 0 Å². The van der Waals surface area contributed by atoms with E-state index in [9.17, 15) is 8.42 Å². The number of aromatic amines is 1. The van der Waals surface area contributed by atoms with E-state index < -0.39 is 10.0 Å². The van der Waals surface area contributed by atoms with Crippen LogP contribution >= 0.6 is 0 Å². The fourth-order valence-electron chi connectivity index (χ4n) is 2.46. The van der Waals surface area contributed by atoms with Gasteiger partial charge in [-0.2, -0.15) is 9.40 Å². The normalized spacial score (nSPS) is 20.8. The summed E-state index contributed by atoms with van der Waals surface area (Å²) >= 11 is 0. The highest BCUT2D eigenvalue weighted by molar-refractivity contribution is 7.89. The Bertz CT molecular complexity index is 463. The summed E-state index contributed by atoms with van der Waals surface area (Å²) in [5.74, 6) is 0. The van der Waals surface area contributed by atoms with Gasteiger partial charge in [0.2, 0.25) is 10.0 Å². The van der Waals surface area contributed by atoms with Gasteiger partial charge in [0.15, 0.2) is 0 Å². The van der Waals surface area contributed by atoms with E-state index in [0.717, 1.165) is 19.3 Å². The zero-order valence-electron chi connectivity index (χ0n) is 10.3. The summed E-state index contributed by atoms with van der Waals surface area (Å²) < 4.78 is 26.2. The summed E-state index contributed by atoms with van der Waals surface area (Å²) in [5.41, 5.74) is 0.163. The van der Waals surface area contributed by atoms with Gasteiger partial charge in [0.25, 0.3) is 0 Å². The van der Waals surface area contributed by atoms with Crippen LogP contribution in [0.15, 0.2) is 17.3 Å². The standard InChI is InChI=1S/C11H19N3O2S/c1-3-11(4-2)5-6-14(9-11)17(15,16)10-7-12-13-8-10/h7-8H,3-6,9H2,1-2H3,(H,12,13). The molecule has 6 heteroatoms. The van der Waals surface area contributed by atoms with Gasteiger partial charge in [-0.25, -0.2) is 8.42 Å². The van der Waals surface area contributed by atoms with Crippen LogP contribution in [0.4, 0.5) is 0 Å². The SMILES string of the molecule is CCC1(CC)CCN(S(=O)(=O)c2cn[nH]c2)C1. The second-order valence-corrected chi connectivity index (χ2v) is 6.67. The van der Waals surface area contributed by atoms with Crippen molar-refractivity contribution in [3.05, 3.63) is 12.4 Å². The lowest BCUT2D eigenvalue weighted by Crippen LogP contribution is -2.31. The van der Waals surface area contributed by atoms with Crippen molar-refractivity contribution < 1.29 is 8.42 Å². The van der Waals surface area contributed by atoms with Crippen LogP contribution in [0.3, 0.4) is 0 Å². The van der Waals surface area contributed by atoms with Crippen molar-refractivity contribution in [3.8, 4) is 0 Å². The Balaban J connectivity index is 2.22. The Morgan fingerprint density at radius 3 is 2.65 bits per heavy atom. The minimum atomic E-state index is -3.35. The number of hydrogen-bond donors (Lipinski definition) is 1. The van der Waals surface area contributed by atoms with Crippen LogP contribution in [0.5, 0.6) is 0 Å². The molecule has 1 aromatic heterocycles. The van der Waals surface area contributed by atoms with Crippen molar-refractivity contribution in [2.75, 3.05) is 13.1 Å². The summed E-state index contributed by atoms with van der Waals surface area (Å²) in [6.45, 7) is 5.53. The third kappa shape index (κ3) is 2.11. The van der Waals surface area contributed by atoms with Crippen LogP contribution in [0, 0.1) is 5.41 Å². The first-order valence-electron chi connectivity index (χ1n) is 6.03. The molecule has 0 aliphatic carbocycles. The first-order valence-corrected chi connectivity index (χ1v) is 7.47. The second-order valence-electron chi connectivity index (χ2n) is 4.73. The molecule has 17 heavy (non-hydrogen) atoms. The van der Waals surface area contributed by atoms with Crippen LogP contribution in [-0.4, -0.2) is 36.0 Å². The molecule has 2 rings (SSSR count). The molecular formula is C11H19N3O2S. The van der Waals surface area contributed by atoms with Crippen molar-refractivity contribution in [1.29, 1.82) is 0 Å². The summed E-state index contributed by atoms with van der Waals surface area (Å²) in [6, 6.07) is 0. The number of H-pyrrole nitrogens is 1. The first-order chi connectivity index (χ1) is 8.04. The molecule has 1 aliphatic heterocycles. The molecule has 1 N–H and O–H groups in total. The van der Waals surface area contributed by atoms with Gasteiger partial charge in [-0.1, -0.05) is 13.8 Å². The molecule has 1 saturated heterocycles. The molecule has 1 fully saturated rings. The number of nitrogens with one attached hydrogen (secondary N) is 1. The third-order valence-corrected chi connectivity index (χ3v) is 5.82. The molecular weight excluding hydrogens is 238 g/mol. The average Bonchev–Trinajstić information content (AvgIpc) is 2.99. The molecule has 0 unspecified atom stereocenters. The predicted molar refractivity (Wildman–Crippen MR) is 65.0 cm³/mol. The highest BCUT2D eigenvalue weighted by Gasteiger charge is 2.40. The molecule has 1 aromatic rings. The zero-order chi connectivity index (χ0) is 12.5. The number of aromatic nitrogens is 2. The first kappa shape index (κ1) is 12.6. The molecule has 0 bridgehead atoms. The Labute approximate surface area is 102 Å². The quantitative estimate of drug-likeness (QED) is 0.891. The van der Waals surface area contributed by atoms with Gasteiger partial charge in [-0.05, 0) is 24.7 Å². The molecule has 2 heterocycles. The second kappa shape index (κ2) is 4.42. The fourth-order valence-corrected chi connectivity index (χ4v) is 3.92. The minimum absolute atomic E-state index is 0.163. The molecule has 1 aliphatic rings. The fraction of sp³-hybridized carbons (Fsp3) is 0.727. The summed E-state index contributed by atoms with van der Waals surface area (Å²) in [6.07, 6.45) is 5.82. The van der Waals surface area contributed by atoms with Gasteiger partial charge in [0, 0.05) is 19.3 Å². The van der Waals surface area contributed by atoms with Crippen LogP contribution in [0.2, 0.25) is 0 Å². The van der Waals surface area contributed by atoms with Crippen molar-refractivity contribution in [1.82, 2.24) is 14.5 Å². The summed E-state index contributed by atoms with van der Waals surface area (Å²) in [5, 5.41) is 6.26. The Hall–Kier alpha value is -0.880. The highest BCUT2D eigenvalue weighted by atomic mass is 32.2. The molecule has 0 amide bonds. The Morgan fingerprint density at radius 2 is 2.18 bits per heavy atom. The van der Waals surface area contributed by atoms with Gasteiger partial charge >= 0.3 is 0 Å². The summed E-state index contributed by atoms with van der Waals surface area (Å²) in [4.78, 5) is 0.264. The number of hydrogen-bond acceptors (Lipinski definition) is 3. The maximum atomic E-state index is 12.3. The van der Waals surface area contributed by atoms with Crippen molar-refractivity contribution in [2.24, 2.45) is 5.41 Å². The third-order valence-electron chi connectivity index (χ3n) is 4.01. The van der Waals surface area contributed by atoms with Gasteiger partial charge in [0.1, 0.15) is 4.90 Å². The molecule has 0 saturated carbocycles. The lowest BCUT2D eigenvalue weighted by Gasteiger charge is -2.26. The maximum absolute atomic E-state index is 12.3. The minimum Gasteiger partial charge on any atom is -0.284 e. The monoisotopic (exact) mass is 257 g/mol. The number of rotatable bonds is 4. The van der Waals surface area contributed by atoms with Gasteiger partial charge < -0.3 is 0 Å². The van der Waals surface area contributed by atoms with Gasteiger partial charge in [-0.15, -0.1) is 0 Å². The molecule has 0 aromatic carbocycles. The van der Waals surface area contributed by atoms with Crippen LogP contribution in [0.25, 0.3) is 0 Å². The summed E-state index contributed by atoms with van der Waals surface area (Å²) in [7, 11) is -3.35. The number of nitrogens with zero attached hydrogens (tertiary/aromatic N) is 2. The lowest BCUT2D eigenvalue weighted by molar-refractivity contribution is 0.279. The Morgan fingerprint density at radius 1 is 1.47 bits per heavy atom. The van der Waals surface area contributed by atoms with Gasteiger partial charge in [0.05, 0.1) is 6.20 Å². The largest absolute Gasteiger partial charge is 0.284 e. The van der Waals surface area contributed by atoms with E-state index in [4.69, 9.17) is 0 Å². The zero-order valence-corrected chi connectivity index (χ0v) is 11.1. The van der Waals surface area contributed by atoms with E-state index in [2.05, 4.69) is 24.0 Å². The van der Waals surface area contributed by atoms with E-state index in [-0.39, 0.29) is 10.3 Å². The number of sulfonamides is 1. The van der Waals surface area contributed by atoms with Crippen molar-refractivity contribution in [2.45, 2.75) is 38.0 Å². The smallest absolute Gasteiger partial charge is 0.246 e. The van der Waals surface area contributed by atoms with Crippen molar-refractivity contribution in [3.63, 3.8) is 0 Å². The lowest BCUT2D eigenvalue weighted by atomic mass is 9.82. The predicted octanol–water partition coefficient (Wildman–Crippen LogP) is 1.61. The van der Waals surface area contributed by atoms with Crippen LogP contribution in [0.1, 0.15) is 33.1 Å². The van der Waals surface area contributed by atoms with E-state index in [1.165, 1.54) is 12.4 Å². The van der Waals surface area contributed by atoms with E-state index >= 15 is 0 Å². The van der Waals surface area contributed by atoms with E-state index in [0.29, 0.717) is 13.1 Å². The maximum Gasteiger partial charge on any atom is 0.246 e. The molecule has 0 radical (unpaired) electrons. The highest BCUT2D eigenvalue weighted by Crippen LogP contribution is 2.39. The Kier molecular flexibility index (Phi) is 3.27. The van der Waals surface area contributed by atoms with Gasteiger partial charge in [-0.3, -0.25) is 5.10 Å². The molecule has 0 spiro atoms. The average molecular weight is 257 g/mol. The molecule has 5 nitrogen and oxygen atoms in total.